The van der Waals surface area contributed by atoms with Crippen molar-refractivity contribution in [2.45, 2.75) is 71.9 Å². The summed E-state index contributed by atoms with van der Waals surface area (Å²) in [5, 5.41) is 22.1. The number of rotatable bonds is 10. The molecule has 0 aliphatic heterocycles. The summed E-state index contributed by atoms with van der Waals surface area (Å²) in [7, 11) is 1.86. The van der Waals surface area contributed by atoms with Gasteiger partial charge in [0.25, 0.3) is 0 Å². The van der Waals surface area contributed by atoms with Crippen molar-refractivity contribution in [3.63, 3.8) is 0 Å². The first kappa shape index (κ1) is 25.0. The molecule has 3 aromatic heterocycles. The molecule has 10 nitrogen and oxygen atoms in total. The number of aliphatic carboxylic acids is 1. The molecule has 0 bridgehead atoms. The van der Waals surface area contributed by atoms with E-state index in [4.69, 9.17) is 9.72 Å². The van der Waals surface area contributed by atoms with Gasteiger partial charge in [0.1, 0.15) is 17.3 Å². The minimum Gasteiger partial charge on any atom is -0.488 e. The predicted octanol–water partition coefficient (Wildman–Crippen LogP) is 4.12. The second kappa shape index (κ2) is 11.1. The molecule has 11 heteroatoms. The van der Waals surface area contributed by atoms with Gasteiger partial charge in [0.2, 0.25) is 5.13 Å². The summed E-state index contributed by atoms with van der Waals surface area (Å²) >= 11 is 1.36. The van der Waals surface area contributed by atoms with E-state index in [1.807, 2.05) is 26.1 Å². The lowest BCUT2D eigenvalue weighted by molar-refractivity contribution is -0.143. The van der Waals surface area contributed by atoms with E-state index >= 15 is 0 Å². The van der Waals surface area contributed by atoms with Gasteiger partial charge in [0.05, 0.1) is 35.6 Å². The second-order valence-corrected chi connectivity index (χ2v) is 10.2. The highest BCUT2D eigenvalue weighted by Gasteiger charge is 2.28. The van der Waals surface area contributed by atoms with Crippen LogP contribution in [0.5, 0.6) is 5.75 Å². The molecule has 4 rings (SSSR count). The van der Waals surface area contributed by atoms with E-state index in [-0.39, 0.29) is 12.0 Å². The number of nitrogens with one attached hydrogen (secondary N) is 1. The Bertz CT molecular complexity index is 1160. The van der Waals surface area contributed by atoms with Gasteiger partial charge in [-0.2, -0.15) is 4.37 Å². The lowest BCUT2D eigenvalue weighted by Gasteiger charge is -2.28. The van der Waals surface area contributed by atoms with Crippen LogP contribution in [0, 0.1) is 11.8 Å². The summed E-state index contributed by atoms with van der Waals surface area (Å²) in [6.45, 7) is 6.83. The molecule has 1 aliphatic rings. The van der Waals surface area contributed by atoms with Gasteiger partial charge in [-0.1, -0.05) is 26.0 Å². The van der Waals surface area contributed by atoms with E-state index in [9.17, 15) is 9.90 Å². The van der Waals surface area contributed by atoms with Gasteiger partial charge >= 0.3 is 5.97 Å². The summed E-state index contributed by atoms with van der Waals surface area (Å²) in [5.41, 5.74) is 3.15. The van der Waals surface area contributed by atoms with Gasteiger partial charge in [0, 0.05) is 25.0 Å². The zero-order chi connectivity index (χ0) is 24.9. The van der Waals surface area contributed by atoms with Crippen LogP contribution in [-0.2, 0) is 31.2 Å². The first-order chi connectivity index (χ1) is 16.8. The molecule has 0 saturated heterocycles. The Morgan fingerprint density at radius 2 is 2.14 bits per heavy atom. The molecule has 3 heterocycles. The normalized spacial score (nSPS) is 18.1. The third-order valence-corrected chi connectivity index (χ3v) is 6.90. The van der Waals surface area contributed by atoms with Crippen molar-refractivity contribution in [1.29, 1.82) is 0 Å². The number of carbonyl (C=O) groups is 1. The first-order valence-corrected chi connectivity index (χ1v) is 13.0. The van der Waals surface area contributed by atoms with Crippen LogP contribution in [0.1, 0.15) is 63.7 Å². The fraction of sp³-hybridized carbons (Fsp3) is 0.583. The Morgan fingerprint density at radius 3 is 2.89 bits per heavy atom. The average molecular weight is 500 g/mol. The van der Waals surface area contributed by atoms with Gasteiger partial charge in [-0.25, -0.2) is 14.6 Å². The van der Waals surface area contributed by atoms with E-state index in [2.05, 4.69) is 38.8 Å². The fourth-order valence-corrected chi connectivity index (χ4v) is 4.93. The third-order valence-electron chi connectivity index (χ3n) is 6.19. The molecule has 1 saturated carbocycles. The molecule has 0 amide bonds. The van der Waals surface area contributed by atoms with E-state index in [0.717, 1.165) is 47.3 Å². The van der Waals surface area contributed by atoms with Crippen molar-refractivity contribution in [2.24, 2.45) is 18.9 Å². The van der Waals surface area contributed by atoms with Crippen molar-refractivity contribution < 1.29 is 14.6 Å². The highest BCUT2D eigenvalue weighted by molar-refractivity contribution is 7.09. The summed E-state index contributed by atoms with van der Waals surface area (Å²) < 4.78 is 12.4. The van der Waals surface area contributed by atoms with Crippen LogP contribution >= 0.6 is 11.5 Å². The quantitative estimate of drug-likeness (QED) is 0.423. The van der Waals surface area contributed by atoms with Gasteiger partial charge in [-0.05, 0) is 50.2 Å². The van der Waals surface area contributed by atoms with E-state index in [1.165, 1.54) is 11.5 Å². The van der Waals surface area contributed by atoms with Gasteiger partial charge < -0.3 is 15.2 Å². The molecule has 3 aromatic rings. The fourth-order valence-electron chi connectivity index (χ4n) is 4.34. The summed E-state index contributed by atoms with van der Waals surface area (Å²) in [4.78, 5) is 20.8. The molecule has 35 heavy (non-hydrogen) atoms. The Kier molecular flexibility index (Phi) is 7.94. The maximum atomic E-state index is 11.4. The van der Waals surface area contributed by atoms with Crippen LogP contribution < -0.4 is 10.1 Å². The van der Waals surface area contributed by atoms with E-state index < -0.39 is 5.97 Å². The number of pyridine rings is 1. The standard InChI is InChI=1S/C24H33N7O3S/c1-5-17-20(34-16-8-6-7-15(12-16)23(32)33)10-9-18(26-17)22-19(31(4)30-28-22)13-25-24-27-21(29-35-24)11-14(2)3/h9-10,14-16H,5-8,11-13H2,1-4H3,(H,32,33)(H,25,27,29)/t15-,16-/m0/s1. The maximum Gasteiger partial charge on any atom is 0.306 e. The SMILES string of the molecule is CCc1nc(-c2nnn(C)c2CNc2nc(CC(C)C)ns2)ccc1O[C@H]1CCC[C@H](C(=O)O)C1. The number of carboxylic acids is 1. The van der Waals surface area contributed by atoms with Crippen LogP contribution in [0.4, 0.5) is 5.13 Å². The molecule has 0 radical (unpaired) electrons. The number of carboxylic acid groups (broad SMARTS) is 1. The molecule has 2 N–H and O–H groups in total. The van der Waals surface area contributed by atoms with Crippen LogP contribution in [-0.4, -0.2) is 46.5 Å². The smallest absolute Gasteiger partial charge is 0.306 e. The molecule has 0 unspecified atom stereocenters. The van der Waals surface area contributed by atoms with Crippen molar-refractivity contribution in [1.82, 2.24) is 29.3 Å². The molecule has 0 aromatic carbocycles. The molecular weight excluding hydrogens is 466 g/mol. The van der Waals surface area contributed by atoms with Gasteiger partial charge in [-0.15, -0.1) is 5.10 Å². The van der Waals surface area contributed by atoms with Gasteiger partial charge in [0.15, 0.2) is 0 Å². The number of aromatic nitrogens is 6. The Balaban J connectivity index is 1.48. The second-order valence-electron chi connectivity index (χ2n) is 9.41. The number of hydrogen-bond donors (Lipinski definition) is 2. The molecular formula is C24H33N7O3S. The van der Waals surface area contributed by atoms with Crippen molar-refractivity contribution in [3.05, 3.63) is 29.3 Å². The Morgan fingerprint density at radius 1 is 1.31 bits per heavy atom. The zero-order valence-electron chi connectivity index (χ0n) is 20.7. The number of nitrogens with zero attached hydrogens (tertiary/aromatic N) is 6. The lowest BCUT2D eigenvalue weighted by Crippen LogP contribution is -2.29. The summed E-state index contributed by atoms with van der Waals surface area (Å²) in [6, 6.07) is 3.81. The summed E-state index contributed by atoms with van der Waals surface area (Å²) in [5.74, 6) is 0.995. The third kappa shape index (κ3) is 6.14. The maximum absolute atomic E-state index is 11.4. The van der Waals surface area contributed by atoms with Crippen molar-refractivity contribution in [3.8, 4) is 17.1 Å². The number of ether oxygens (including phenoxy) is 1. The van der Waals surface area contributed by atoms with Crippen LogP contribution in [0.25, 0.3) is 11.4 Å². The molecule has 188 valence electrons. The topological polar surface area (TPSA) is 128 Å². The highest BCUT2D eigenvalue weighted by Crippen LogP contribution is 2.31. The number of anilines is 1. The minimum atomic E-state index is -0.740. The van der Waals surface area contributed by atoms with Crippen LogP contribution in [0.15, 0.2) is 12.1 Å². The van der Waals surface area contributed by atoms with Crippen molar-refractivity contribution >= 4 is 22.6 Å². The molecule has 2 atom stereocenters. The van der Waals surface area contributed by atoms with Gasteiger partial charge in [-0.3, -0.25) is 4.79 Å². The van der Waals surface area contributed by atoms with Crippen LogP contribution in [0.2, 0.25) is 0 Å². The molecule has 0 spiro atoms. The largest absolute Gasteiger partial charge is 0.488 e. The monoisotopic (exact) mass is 499 g/mol. The molecule has 1 aliphatic carbocycles. The number of hydrogen-bond acceptors (Lipinski definition) is 9. The Hall–Kier alpha value is -3.08. The highest BCUT2D eigenvalue weighted by atomic mass is 32.1. The average Bonchev–Trinajstić information content (AvgIpc) is 3.43. The first-order valence-electron chi connectivity index (χ1n) is 12.2. The van der Waals surface area contributed by atoms with Crippen LogP contribution in [0.3, 0.4) is 0 Å². The van der Waals surface area contributed by atoms with Crippen molar-refractivity contribution in [2.75, 3.05) is 5.32 Å². The minimum absolute atomic E-state index is 0.105. The zero-order valence-corrected chi connectivity index (χ0v) is 21.5. The number of aryl methyl sites for hydroxylation is 2. The molecule has 1 fully saturated rings. The van der Waals surface area contributed by atoms with E-state index in [0.29, 0.717) is 43.2 Å². The lowest BCUT2D eigenvalue weighted by atomic mass is 9.87. The Labute approximate surface area is 209 Å². The van der Waals surface area contributed by atoms with E-state index in [1.54, 1.807) is 4.68 Å². The predicted molar refractivity (Wildman–Crippen MR) is 133 cm³/mol. The summed E-state index contributed by atoms with van der Waals surface area (Å²) in [6.07, 6.45) is 4.41.